The normalized spacial score (nSPS) is 42.6. The van der Waals surface area contributed by atoms with Crippen molar-refractivity contribution in [1.82, 2.24) is 21.0 Å². The summed E-state index contributed by atoms with van der Waals surface area (Å²) in [5, 5.41) is 16.6. The average Bonchev–Trinajstić information content (AvgIpc) is 3.19. The summed E-state index contributed by atoms with van der Waals surface area (Å²) in [6.07, 6.45) is 10.7. The molecular weight excluding hydrogens is 332 g/mol. The Bertz CT molecular complexity index is 477. The van der Waals surface area contributed by atoms with Gasteiger partial charge in [0.2, 0.25) is 0 Å². The summed E-state index contributed by atoms with van der Waals surface area (Å²) in [5.41, 5.74) is 3.17. The van der Waals surface area contributed by atoms with E-state index >= 15 is 0 Å². The second kappa shape index (κ2) is 8.52. The van der Waals surface area contributed by atoms with Gasteiger partial charge in [-0.1, -0.05) is 12.8 Å². The summed E-state index contributed by atoms with van der Waals surface area (Å²) in [5.74, 6) is -0.0386. The van der Waals surface area contributed by atoms with Crippen molar-refractivity contribution in [3.8, 4) is 0 Å². The van der Waals surface area contributed by atoms with Crippen LogP contribution in [-0.4, -0.2) is 54.2 Å². The van der Waals surface area contributed by atoms with E-state index in [0.717, 1.165) is 32.2 Å². The molecule has 0 spiro atoms. The molecule has 0 aromatic heterocycles. The van der Waals surface area contributed by atoms with Crippen LogP contribution in [0.15, 0.2) is 0 Å². The first-order valence-corrected chi connectivity index (χ1v) is 10.6. The van der Waals surface area contributed by atoms with Gasteiger partial charge in [0, 0.05) is 12.5 Å². The Morgan fingerprint density at radius 1 is 1.00 bits per heavy atom. The zero-order valence-corrected chi connectivity index (χ0v) is 15.7. The Kier molecular flexibility index (Phi) is 6.10. The van der Waals surface area contributed by atoms with Crippen molar-refractivity contribution in [2.45, 2.75) is 76.3 Å². The number of nitrogens with zero attached hydrogens (tertiary/aromatic N) is 1. The van der Waals surface area contributed by atoms with E-state index in [4.69, 9.17) is 4.84 Å². The molecule has 1 saturated carbocycles. The number of carboxylic acid groups (broad SMARTS) is 1. The van der Waals surface area contributed by atoms with Gasteiger partial charge in [-0.25, -0.2) is 0 Å². The van der Waals surface area contributed by atoms with Crippen molar-refractivity contribution in [2.75, 3.05) is 19.6 Å². The molecule has 3 saturated heterocycles. The van der Waals surface area contributed by atoms with E-state index in [1.165, 1.54) is 45.2 Å². The second-order valence-electron chi connectivity index (χ2n) is 8.62. The zero-order chi connectivity index (χ0) is 17.9. The van der Waals surface area contributed by atoms with Crippen LogP contribution in [0.5, 0.6) is 0 Å². The van der Waals surface area contributed by atoms with Crippen molar-refractivity contribution in [3.63, 3.8) is 0 Å². The molecule has 1 aliphatic carbocycles. The van der Waals surface area contributed by atoms with Gasteiger partial charge < -0.3 is 10.4 Å². The molecule has 26 heavy (non-hydrogen) atoms. The van der Waals surface area contributed by atoms with Crippen molar-refractivity contribution >= 4 is 5.97 Å². The predicted octanol–water partition coefficient (Wildman–Crippen LogP) is 1.47. The molecule has 6 unspecified atom stereocenters. The van der Waals surface area contributed by atoms with Crippen LogP contribution in [0.2, 0.25) is 0 Å². The van der Waals surface area contributed by atoms with Gasteiger partial charge in [-0.2, -0.15) is 5.48 Å². The monoisotopic (exact) mass is 366 g/mol. The summed E-state index contributed by atoms with van der Waals surface area (Å²) >= 11 is 0. The fourth-order valence-corrected chi connectivity index (χ4v) is 5.27. The quantitative estimate of drug-likeness (QED) is 0.599. The van der Waals surface area contributed by atoms with Gasteiger partial charge in [0.15, 0.2) is 0 Å². The number of carboxylic acids is 1. The molecule has 0 bridgehead atoms. The third-order valence-electron chi connectivity index (χ3n) is 6.89. The molecule has 3 heterocycles. The molecule has 7 nitrogen and oxygen atoms in total. The van der Waals surface area contributed by atoms with Crippen molar-refractivity contribution in [2.24, 2.45) is 17.8 Å². The van der Waals surface area contributed by atoms with E-state index in [9.17, 15) is 9.90 Å². The molecule has 4 rings (SSSR count). The highest BCUT2D eigenvalue weighted by atomic mass is 16.7. The van der Waals surface area contributed by atoms with E-state index < -0.39 is 5.97 Å². The number of carbonyl (C=O) groups is 1. The van der Waals surface area contributed by atoms with Crippen molar-refractivity contribution in [1.29, 1.82) is 0 Å². The van der Waals surface area contributed by atoms with Crippen molar-refractivity contribution in [3.05, 3.63) is 0 Å². The molecule has 4 aliphatic rings. The fourth-order valence-electron chi connectivity index (χ4n) is 5.27. The Balaban J connectivity index is 1.24. The SMILES string of the molecule is O=C(O)C1CCCC(C2NOC(C3CCC(N4CCCCC4)NC3)N2)C1. The lowest BCUT2D eigenvalue weighted by Gasteiger charge is -2.40. The molecule has 6 atom stereocenters. The lowest BCUT2D eigenvalue weighted by Crippen LogP contribution is -2.54. The molecule has 3 aliphatic heterocycles. The number of hydroxylamine groups is 1. The summed E-state index contributed by atoms with van der Waals surface area (Å²) in [6, 6.07) is 0. The fraction of sp³-hybridized carbons (Fsp3) is 0.947. The first-order chi connectivity index (χ1) is 12.7. The Morgan fingerprint density at radius 3 is 2.58 bits per heavy atom. The number of piperidine rings is 2. The largest absolute Gasteiger partial charge is 0.481 e. The maximum Gasteiger partial charge on any atom is 0.306 e. The Labute approximate surface area is 156 Å². The van der Waals surface area contributed by atoms with Gasteiger partial charge in [-0.15, -0.1) is 0 Å². The van der Waals surface area contributed by atoms with Crippen LogP contribution in [0.3, 0.4) is 0 Å². The van der Waals surface area contributed by atoms with Crippen LogP contribution in [0.4, 0.5) is 0 Å². The van der Waals surface area contributed by atoms with Crippen LogP contribution in [0, 0.1) is 17.8 Å². The molecule has 0 amide bonds. The highest BCUT2D eigenvalue weighted by Crippen LogP contribution is 2.33. The van der Waals surface area contributed by atoms with Crippen LogP contribution in [0.1, 0.15) is 57.8 Å². The van der Waals surface area contributed by atoms with Gasteiger partial charge in [0.25, 0.3) is 0 Å². The smallest absolute Gasteiger partial charge is 0.306 e. The van der Waals surface area contributed by atoms with Crippen LogP contribution < -0.4 is 16.1 Å². The Hall–Kier alpha value is -0.730. The standard InChI is InChI=1S/C19H34N4O3/c24-19(25)14-6-4-5-13(11-14)17-21-18(26-22-17)15-7-8-16(20-12-15)23-9-2-1-3-10-23/h13-18,20-22H,1-12H2,(H,24,25). The minimum Gasteiger partial charge on any atom is -0.481 e. The minimum absolute atomic E-state index is 0.0278. The van der Waals surface area contributed by atoms with Gasteiger partial charge in [0.1, 0.15) is 6.23 Å². The number of likely N-dealkylation sites (tertiary alicyclic amines) is 1. The summed E-state index contributed by atoms with van der Waals surface area (Å²) < 4.78 is 0. The lowest BCUT2D eigenvalue weighted by molar-refractivity contribution is -0.143. The van der Waals surface area contributed by atoms with E-state index in [0.29, 0.717) is 18.0 Å². The molecule has 0 radical (unpaired) electrons. The number of aliphatic carboxylic acids is 1. The topological polar surface area (TPSA) is 85.9 Å². The third-order valence-corrected chi connectivity index (χ3v) is 6.89. The first kappa shape index (κ1) is 18.6. The highest BCUT2D eigenvalue weighted by molar-refractivity contribution is 5.70. The number of nitrogens with one attached hydrogen (secondary N) is 3. The zero-order valence-electron chi connectivity index (χ0n) is 15.7. The van der Waals surface area contributed by atoms with Crippen LogP contribution in [-0.2, 0) is 9.63 Å². The van der Waals surface area contributed by atoms with E-state index in [2.05, 4.69) is 21.0 Å². The van der Waals surface area contributed by atoms with Gasteiger partial charge in [0.05, 0.1) is 18.2 Å². The van der Waals surface area contributed by atoms with E-state index in [1.54, 1.807) is 0 Å². The molecule has 7 heteroatoms. The summed E-state index contributed by atoms with van der Waals surface area (Å²) in [7, 11) is 0. The number of rotatable bonds is 4. The highest BCUT2D eigenvalue weighted by Gasteiger charge is 2.40. The third kappa shape index (κ3) is 4.22. The van der Waals surface area contributed by atoms with E-state index in [1.807, 2.05) is 0 Å². The van der Waals surface area contributed by atoms with E-state index in [-0.39, 0.29) is 18.3 Å². The maximum absolute atomic E-state index is 11.3. The molecule has 148 valence electrons. The average molecular weight is 367 g/mol. The summed E-state index contributed by atoms with van der Waals surface area (Å²) in [4.78, 5) is 19.8. The second-order valence-corrected chi connectivity index (χ2v) is 8.62. The van der Waals surface area contributed by atoms with Crippen LogP contribution >= 0.6 is 0 Å². The van der Waals surface area contributed by atoms with Gasteiger partial charge in [-0.3, -0.25) is 19.8 Å². The number of hydrogen-bond acceptors (Lipinski definition) is 6. The minimum atomic E-state index is -0.648. The molecule has 4 N–H and O–H groups in total. The molecule has 4 fully saturated rings. The maximum atomic E-state index is 11.3. The van der Waals surface area contributed by atoms with Gasteiger partial charge >= 0.3 is 5.97 Å². The molecular formula is C19H34N4O3. The lowest BCUT2D eigenvalue weighted by atomic mass is 9.80. The van der Waals surface area contributed by atoms with Gasteiger partial charge in [-0.05, 0) is 64.0 Å². The molecule has 0 aromatic carbocycles. The summed E-state index contributed by atoms with van der Waals surface area (Å²) in [6.45, 7) is 3.45. The van der Waals surface area contributed by atoms with Crippen LogP contribution in [0.25, 0.3) is 0 Å². The predicted molar refractivity (Wildman–Crippen MR) is 98.0 cm³/mol. The number of hydrogen-bond donors (Lipinski definition) is 4. The van der Waals surface area contributed by atoms with Crippen molar-refractivity contribution < 1.29 is 14.7 Å². The first-order valence-electron chi connectivity index (χ1n) is 10.6. The Morgan fingerprint density at radius 2 is 1.85 bits per heavy atom. The molecule has 0 aromatic rings.